The van der Waals surface area contributed by atoms with Gasteiger partial charge in [-0.3, -0.25) is 14.5 Å². The summed E-state index contributed by atoms with van der Waals surface area (Å²) in [4.78, 5) is 29.6. The van der Waals surface area contributed by atoms with Crippen LogP contribution in [0.4, 0.5) is 4.39 Å². The van der Waals surface area contributed by atoms with E-state index >= 15 is 0 Å². The number of ether oxygens (including phenoxy) is 2. The van der Waals surface area contributed by atoms with Gasteiger partial charge >= 0.3 is 0 Å². The summed E-state index contributed by atoms with van der Waals surface area (Å²) in [6, 6.07) is 11.5. The minimum Gasteiger partial charge on any atom is -0.507 e. The molecule has 0 aliphatic carbocycles. The Hall–Kier alpha value is -3.23. The highest BCUT2D eigenvalue weighted by Crippen LogP contribution is 2.40. The number of carbonyl (C=O) groups is 2. The zero-order chi connectivity index (χ0) is 23.4. The molecule has 0 aromatic heterocycles. The average molecular weight is 454 g/mol. The Morgan fingerprint density at radius 1 is 1.09 bits per heavy atom. The minimum atomic E-state index is -1.00. The zero-order valence-corrected chi connectivity index (χ0v) is 18.5. The molecule has 4 rings (SSSR count). The molecule has 1 atom stereocenters. The number of halogens is 1. The number of rotatable bonds is 7. The van der Waals surface area contributed by atoms with E-state index in [0.717, 1.165) is 19.6 Å². The Kier molecular flexibility index (Phi) is 7.05. The van der Waals surface area contributed by atoms with Crippen LogP contribution >= 0.6 is 0 Å². The van der Waals surface area contributed by atoms with Crippen molar-refractivity contribution in [2.45, 2.75) is 12.5 Å². The molecule has 0 bridgehead atoms. The largest absolute Gasteiger partial charge is 0.507 e. The highest BCUT2D eigenvalue weighted by atomic mass is 19.1. The molecular weight excluding hydrogens is 427 g/mol. The lowest BCUT2D eigenvalue weighted by Crippen LogP contribution is -2.39. The molecule has 2 heterocycles. The number of benzene rings is 2. The monoisotopic (exact) mass is 454 g/mol. The topological polar surface area (TPSA) is 79.3 Å². The lowest BCUT2D eigenvalue weighted by Gasteiger charge is -2.29. The van der Waals surface area contributed by atoms with Gasteiger partial charge in [-0.05, 0) is 36.8 Å². The molecule has 2 aliphatic rings. The van der Waals surface area contributed by atoms with Gasteiger partial charge in [0.1, 0.15) is 17.3 Å². The lowest BCUT2D eigenvalue weighted by atomic mass is 9.95. The van der Waals surface area contributed by atoms with Gasteiger partial charge in [0, 0.05) is 37.3 Å². The summed E-state index contributed by atoms with van der Waals surface area (Å²) in [7, 11) is 1.52. The maximum atomic E-state index is 14.8. The van der Waals surface area contributed by atoms with E-state index in [1.165, 1.54) is 18.1 Å². The lowest BCUT2D eigenvalue weighted by molar-refractivity contribution is -0.140. The number of aliphatic hydroxyl groups is 1. The van der Waals surface area contributed by atoms with Gasteiger partial charge in [-0.15, -0.1) is 0 Å². The Labute approximate surface area is 192 Å². The Morgan fingerprint density at radius 3 is 2.45 bits per heavy atom. The third-order valence-corrected chi connectivity index (χ3v) is 6.08. The number of methoxy groups -OCH3 is 1. The molecule has 1 unspecified atom stereocenters. The van der Waals surface area contributed by atoms with Crippen LogP contribution < -0.4 is 4.74 Å². The Balaban J connectivity index is 1.67. The number of hydrogen-bond acceptors (Lipinski definition) is 6. The Bertz CT molecular complexity index is 1050. The van der Waals surface area contributed by atoms with Crippen molar-refractivity contribution in [3.05, 3.63) is 71.0 Å². The summed E-state index contributed by atoms with van der Waals surface area (Å²) in [5, 5.41) is 11.0. The van der Waals surface area contributed by atoms with Gasteiger partial charge in [-0.1, -0.05) is 18.2 Å². The van der Waals surface area contributed by atoms with Crippen molar-refractivity contribution < 1.29 is 28.6 Å². The maximum Gasteiger partial charge on any atom is 0.295 e. The molecule has 2 fully saturated rings. The first-order valence-electron chi connectivity index (χ1n) is 11.0. The molecule has 2 aromatic carbocycles. The van der Waals surface area contributed by atoms with E-state index in [-0.39, 0.29) is 23.4 Å². The van der Waals surface area contributed by atoms with Crippen molar-refractivity contribution in [2.24, 2.45) is 0 Å². The summed E-state index contributed by atoms with van der Waals surface area (Å²) in [6.45, 7) is 3.96. The van der Waals surface area contributed by atoms with E-state index in [1.54, 1.807) is 42.5 Å². The quantitative estimate of drug-likeness (QED) is 0.394. The van der Waals surface area contributed by atoms with Crippen LogP contribution in [0.5, 0.6) is 5.75 Å². The van der Waals surface area contributed by atoms with E-state index < -0.39 is 23.5 Å². The van der Waals surface area contributed by atoms with Crippen LogP contribution in [-0.2, 0) is 14.3 Å². The van der Waals surface area contributed by atoms with Gasteiger partial charge in [0.25, 0.3) is 11.7 Å². The molecule has 2 aliphatic heterocycles. The number of aliphatic hydroxyl groups excluding tert-OH is 1. The molecule has 7 nitrogen and oxygen atoms in total. The van der Waals surface area contributed by atoms with E-state index in [0.29, 0.717) is 30.9 Å². The van der Waals surface area contributed by atoms with Gasteiger partial charge in [0.05, 0.1) is 31.9 Å². The van der Waals surface area contributed by atoms with Crippen LogP contribution in [0.1, 0.15) is 23.6 Å². The number of ketones is 1. The predicted molar refractivity (Wildman–Crippen MR) is 120 cm³/mol. The second kappa shape index (κ2) is 10.1. The number of amides is 1. The Morgan fingerprint density at radius 2 is 1.79 bits per heavy atom. The van der Waals surface area contributed by atoms with E-state index in [2.05, 4.69) is 4.90 Å². The molecular formula is C25H27FN2O5. The molecule has 0 spiro atoms. The summed E-state index contributed by atoms with van der Waals surface area (Å²) in [5.41, 5.74) is 0.420. The summed E-state index contributed by atoms with van der Waals surface area (Å²) in [5.74, 6) is -1.84. The van der Waals surface area contributed by atoms with Crippen molar-refractivity contribution in [3.8, 4) is 5.75 Å². The fourth-order valence-corrected chi connectivity index (χ4v) is 4.32. The fraction of sp³-hybridized carbons (Fsp3) is 0.360. The SMILES string of the molecule is COc1ccc(C(O)=C2C(=O)C(=O)N(CCCN3CCOCC3)C2c2ccccc2F)cc1. The van der Waals surface area contributed by atoms with Crippen LogP contribution in [-0.4, -0.2) is 73.1 Å². The highest BCUT2D eigenvalue weighted by molar-refractivity contribution is 6.46. The summed E-state index contributed by atoms with van der Waals surface area (Å²) < 4.78 is 25.3. The first-order chi connectivity index (χ1) is 16.0. The number of hydrogen-bond donors (Lipinski definition) is 1. The zero-order valence-electron chi connectivity index (χ0n) is 18.5. The van der Waals surface area contributed by atoms with Crippen LogP contribution in [0.15, 0.2) is 54.1 Å². The van der Waals surface area contributed by atoms with Gasteiger partial charge in [0.15, 0.2) is 0 Å². The standard InChI is InChI=1S/C25H27FN2O5/c1-32-18-9-7-17(8-10-18)23(29)21-22(19-5-2-3-6-20(19)26)28(25(31)24(21)30)12-4-11-27-13-15-33-16-14-27/h2-3,5-10,22,29H,4,11-16H2,1H3. The molecule has 2 aromatic rings. The van der Waals surface area contributed by atoms with E-state index in [1.807, 2.05) is 0 Å². The van der Waals surface area contributed by atoms with Gasteiger partial charge in [-0.25, -0.2) is 4.39 Å². The van der Waals surface area contributed by atoms with Crippen molar-refractivity contribution in [1.29, 1.82) is 0 Å². The van der Waals surface area contributed by atoms with E-state index in [4.69, 9.17) is 9.47 Å². The van der Waals surface area contributed by atoms with Crippen LogP contribution in [0, 0.1) is 5.82 Å². The minimum absolute atomic E-state index is 0.110. The number of morpholine rings is 1. The molecule has 2 saturated heterocycles. The van der Waals surface area contributed by atoms with Crippen LogP contribution in [0.2, 0.25) is 0 Å². The van der Waals surface area contributed by atoms with Crippen molar-refractivity contribution in [1.82, 2.24) is 9.80 Å². The third kappa shape index (κ3) is 4.77. The molecule has 8 heteroatoms. The second-order valence-electron chi connectivity index (χ2n) is 8.05. The molecule has 0 radical (unpaired) electrons. The predicted octanol–water partition coefficient (Wildman–Crippen LogP) is 2.98. The van der Waals surface area contributed by atoms with Crippen molar-refractivity contribution >= 4 is 17.4 Å². The maximum absolute atomic E-state index is 14.8. The van der Waals surface area contributed by atoms with Gasteiger partial charge < -0.3 is 19.5 Å². The van der Waals surface area contributed by atoms with Crippen LogP contribution in [0.25, 0.3) is 5.76 Å². The molecule has 0 saturated carbocycles. The van der Waals surface area contributed by atoms with Crippen LogP contribution in [0.3, 0.4) is 0 Å². The van der Waals surface area contributed by atoms with Crippen molar-refractivity contribution in [3.63, 3.8) is 0 Å². The normalized spacial score (nSPS) is 20.9. The second-order valence-corrected chi connectivity index (χ2v) is 8.05. The van der Waals surface area contributed by atoms with E-state index in [9.17, 15) is 19.1 Å². The first-order valence-corrected chi connectivity index (χ1v) is 11.0. The van der Waals surface area contributed by atoms with Gasteiger partial charge in [-0.2, -0.15) is 0 Å². The molecule has 1 amide bonds. The molecule has 1 N–H and O–H groups in total. The number of carbonyl (C=O) groups excluding carboxylic acids is 2. The fourth-order valence-electron chi connectivity index (χ4n) is 4.32. The highest BCUT2D eigenvalue weighted by Gasteiger charge is 2.46. The molecule has 174 valence electrons. The van der Waals surface area contributed by atoms with Gasteiger partial charge in [0.2, 0.25) is 0 Å². The number of nitrogens with zero attached hydrogens (tertiary/aromatic N) is 2. The summed E-state index contributed by atoms with van der Waals surface area (Å²) in [6.07, 6.45) is 0.612. The first kappa shape index (κ1) is 22.9. The smallest absolute Gasteiger partial charge is 0.295 e. The molecule has 33 heavy (non-hydrogen) atoms. The number of likely N-dealkylation sites (tertiary alicyclic amines) is 1. The van der Waals surface area contributed by atoms with Crippen molar-refractivity contribution in [2.75, 3.05) is 46.5 Å². The summed E-state index contributed by atoms with van der Waals surface area (Å²) >= 11 is 0. The third-order valence-electron chi connectivity index (χ3n) is 6.08. The number of Topliss-reactive ketones (excluding diaryl/α,β-unsaturated/α-hetero) is 1. The average Bonchev–Trinajstić information content (AvgIpc) is 3.09.